The van der Waals surface area contributed by atoms with Gasteiger partial charge in [-0.3, -0.25) is 0 Å². The minimum atomic E-state index is -0.995. The van der Waals surface area contributed by atoms with E-state index in [4.69, 9.17) is 31.4 Å². The van der Waals surface area contributed by atoms with Crippen molar-refractivity contribution in [2.75, 3.05) is 14.2 Å². The van der Waals surface area contributed by atoms with E-state index in [1.807, 2.05) is 6.92 Å². The predicted molar refractivity (Wildman–Crippen MR) is 88.0 cm³/mol. The van der Waals surface area contributed by atoms with Gasteiger partial charge in [0, 0.05) is 13.2 Å². The fourth-order valence-electron chi connectivity index (χ4n) is 3.55. The number of nitrogens with one attached hydrogen (secondary N) is 1. The Kier molecular flexibility index (Phi) is 6.94. The molecule has 2 rings (SSSR count). The second kappa shape index (κ2) is 8.35. The van der Waals surface area contributed by atoms with Crippen molar-refractivity contribution in [2.45, 2.75) is 80.7 Å². The van der Waals surface area contributed by atoms with Crippen LogP contribution in [-0.2, 0) is 14.2 Å². The van der Waals surface area contributed by atoms with Crippen LogP contribution >= 0.6 is 0 Å². The summed E-state index contributed by atoms with van der Waals surface area (Å²) < 4.78 is 17.0. The van der Waals surface area contributed by atoms with Crippen LogP contribution < -0.4 is 22.5 Å². The average Bonchev–Trinajstić information content (AvgIpc) is 2.55. The third-order valence-corrected chi connectivity index (χ3v) is 5.10. The van der Waals surface area contributed by atoms with Crippen molar-refractivity contribution in [3.63, 3.8) is 0 Å². The van der Waals surface area contributed by atoms with Gasteiger partial charge in [0.2, 0.25) is 0 Å². The molecule has 0 bridgehead atoms. The quantitative estimate of drug-likeness (QED) is 0.309. The zero-order chi connectivity index (χ0) is 18.0. The molecule has 24 heavy (non-hydrogen) atoms. The van der Waals surface area contributed by atoms with E-state index in [0.29, 0.717) is 6.42 Å². The lowest BCUT2D eigenvalue weighted by molar-refractivity contribution is -0.262. The molecular formula is C15H32N4O5. The van der Waals surface area contributed by atoms with Crippen molar-refractivity contribution in [2.24, 2.45) is 17.2 Å². The molecule has 0 aromatic carbocycles. The van der Waals surface area contributed by atoms with E-state index in [9.17, 15) is 10.2 Å². The van der Waals surface area contributed by atoms with Crippen LogP contribution in [0.25, 0.3) is 0 Å². The number of likely N-dealkylation sites (N-methyl/N-ethyl adjacent to an activating group) is 1. The fourth-order valence-corrected chi connectivity index (χ4v) is 3.55. The SMILES string of the molecule is CNC1C(O)C(OC2OC(C(C)N)CCC2N)C(N)C(O)C1OC. The number of hydrogen-bond donors (Lipinski definition) is 6. The van der Waals surface area contributed by atoms with Gasteiger partial charge in [-0.25, -0.2) is 0 Å². The second-order valence-electron chi connectivity index (χ2n) is 6.82. The largest absolute Gasteiger partial charge is 0.389 e. The molecule has 0 aromatic heterocycles. The first kappa shape index (κ1) is 20.0. The molecule has 0 aromatic rings. The molecule has 0 radical (unpaired) electrons. The van der Waals surface area contributed by atoms with Gasteiger partial charge in [-0.1, -0.05) is 0 Å². The number of methoxy groups -OCH3 is 1. The van der Waals surface area contributed by atoms with Crippen molar-refractivity contribution in [3.8, 4) is 0 Å². The normalized spacial score (nSPS) is 48.2. The average molecular weight is 348 g/mol. The Hall–Kier alpha value is -0.360. The zero-order valence-corrected chi connectivity index (χ0v) is 14.5. The highest BCUT2D eigenvalue weighted by molar-refractivity contribution is 5.05. The van der Waals surface area contributed by atoms with Gasteiger partial charge in [-0.05, 0) is 26.8 Å². The standard InChI is InChI=1S/C15H32N4O5/c1-6(16)8-5-4-7(17)15(23-8)24-13-9(18)11(20)14(22-3)10(19-2)12(13)21/h6-15,19-21H,4-5,16-18H2,1-3H3. The van der Waals surface area contributed by atoms with Crippen LogP contribution in [0.2, 0.25) is 0 Å². The maximum absolute atomic E-state index is 10.6. The first-order valence-electron chi connectivity index (χ1n) is 8.45. The molecular weight excluding hydrogens is 316 g/mol. The highest BCUT2D eigenvalue weighted by atomic mass is 16.7. The van der Waals surface area contributed by atoms with Crippen LogP contribution in [0.5, 0.6) is 0 Å². The lowest BCUT2D eigenvalue weighted by Gasteiger charge is -2.47. The lowest BCUT2D eigenvalue weighted by Crippen LogP contribution is -2.71. The first-order valence-corrected chi connectivity index (χ1v) is 8.45. The zero-order valence-electron chi connectivity index (χ0n) is 14.5. The number of aliphatic hydroxyl groups is 2. The van der Waals surface area contributed by atoms with Gasteiger partial charge >= 0.3 is 0 Å². The minimum Gasteiger partial charge on any atom is -0.389 e. The third kappa shape index (κ3) is 3.90. The van der Waals surface area contributed by atoms with Crippen LogP contribution in [0.1, 0.15) is 19.8 Å². The first-order chi connectivity index (χ1) is 11.3. The molecule has 9 nitrogen and oxygen atoms in total. The third-order valence-electron chi connectivity index (χ3n) is 5.10. The Bertz CT molecular complexity index is 402. The van der Waals surface area contributed by atoms with E-state index < -0.39 is 42.8 Å². The Morgan fingerprint density at radius 3 is 2.38 bits per heavy atom. The van der Waals surface area contributed by atoms with E-state index in [2.05, 4.69) is 5.32 Å². The molecule has 0 amide bonds. The highest BCUT2D eigenvalue weighted by Crippen LogP contribution is 2.28. The van der Waals surface area contributed by atoms with Crippen LogP contribution in [0.4, 0.5) is 0 Å². The molecule has 1 saturated heterocycles. The molecule has 1 aliphatic heterocycles. The van der Waals surface area contributed by atoms with Gasteiger partial charge in [-0.2, -0.15) is 0 Å². The molecule has 2 aliphatic rings. The maximum atomic E-state index is 10.6. The van der Waals surface area contributed by atoms with Crippen LogP contribution in [0.15, 0.2) is 0 Å². The van der Waals surface area contributed by atoms with Crippen molar-refractivity contribution in [1.82, 2.24) is 5.32 Å². The topological polar surface area (TPSA) is 158 Å². The Morgan fingerprint density at radius 2 is 1.83 bits per heavy atom. The molecule has 2 fully saturated rings. The van der Waals surface area contributed by atoms with Crippen LogP contribution in [-0.4, -0.2) is 85.3 Å². The maximum Gasteiger partial charge on any atom is 0.173 e. The molecule has 9 N–H and O–H groups in total. The number of hydrogen-bond acceptors (Lipinski definition) is 9. The molecule has 142 valence electrons. The molecule has 1 saturated carbocycles. The van der Waals surface area contributed by atoms with Crippen molar-refractivity contribution >= 4 is 0 Å². The summed E-state index contributed by atoms with van der Waals surface area (Å²) in [5, 5.41) is 24.0. The summed E-state index contributed by atoms with van der Waals surface area (Å²) in [7, 11) is 3.14. The van der Waals surface area contributed by atoms with E-state index in [-0.39, 0.29) is 18.2 Å². The second-order valence-corrected chi connectivity index (χ2v) is 6.82. The summed E-state index contributed by atoms with van der Waals surface area (Å²) in [6, 6.07) is -1.85. The van der Waals surface area contributed by atoms with E-state index in [1.54, 1.807) is 7.05 Å². The Morgan fingerprint density at radius 1 is 1.17 bits per heavy atom. The summed E-state index contributed by atoms with van der Waals surface area (Å²) in [5.74, 6) is 0. The lowest BCUT2D eigenvalue weighted by atomic mass is 9.81. The fraction of sp³-hybridized carbons (Fsp3) is 1.00. The molecule has 1 heterocycles. The predicted octanol–water partition coefficient (Wildman–Crippen LogP) is -2.78. The van der Waals surface area contributed by atoms with Gasteiger partial charge in [0.25, 0.3) is 0 Å². The van der Waals surface area contributed by atoms with E-state index in [0.717, 1.165) is 6.42 Å². The minimum absolute atomic E-state index is 0.151. The van der Waals surface area contributed by atoms with Gasteiger partial charge in [-0.15, -0.1) is 0 Å². The van der Waals surface area contributed by atoms with E-state index in [1.165, 1.54) is 7.11 Å². The molecule has 1 aliphatic carbocycles. The summed E-state index contributed by atoms with van der Waals surface area (Å²) in [5.41, 5.74) is 18.1. The van der Waals surface area contributed by atoms with Crippen LogP contribution in [0, 0.1) is 0 Å². The summed E-state index contributed by atoms with van der Waals surface area (Å²) in [6.07, 6.45) is -2.90. The molecule has 0 spiro atoms. The van der Waals surface area contributed by atoms with Crippen molar-refractivity contribution < 1.29 is 24.4 Å². The van der Waals surface area contributed by atoms with Crippen LogP contribution in [0.3, 0.4) is 0 Å². The molecule has 10 unspecified atom stereocenters. The number of rotatable bonds is 5. The number of aliphatic hydroxyl groups excluding tert-OH is 2. The summed E-state index contributed by atoms with van der Waals surface area (Å²) in [4.78, 5) is 0. The summed E-state index contributed by atoms with van der Waals surface area (Å²) >= 11 is 0. The van der Waals surface area contributed by atoms with Gasteiger partial charge < -0.3 is 46.9 Å². The number of ether oxygens (including phenoxy) is 3. The van der Waals surface area contributed by atoms with Gasteiger partial charge in [0.15, 0.2) is 6.29 Å². The van der Waals surface area contributed by atoms with Crippen molar-refractivity contribution in [1.29, 1.82) is 0 Å². The summed E-state index contributed by atoms with van der Waals surface area (Å²) in [6.45, 7) is 1.86. The Balaban J connectivity index is 2.11. The highest BCUT2D eigenvalue weighted by Gasteiger charge is 2.50. The molecule has 10 atom stereocenters. The number of nitrogens with two attached hydrogens (primary N) is 3. The van der Waals surface area contributed by atoms with Gasteiger partial charge in [0.05, 0.1) is 36.4 Å². The van der Waals surface area contributed by atoms with E-state index >= 15 is 0 Å². The Labute approximate surface area is 142 Å². The van der Waals surface area contributed by atoms with Gasteiger partial charge in [0.1, 0.15) is 12.2 Å². The smallest absolute Gasteiger partial charge is 0.173 e. The van der Waals surface area contributed by atoms with Crippen molar-refractivity contribution in [3.05, 3.63) is 0 Å². The monoisotopic (exact) mass is 348 g/mol. The molecule has 9 heteroatoms.